The zero-order valence-electron chi connectivity index (χ0n) is 19.3. The Morgan fingerprint density at radius 2 is 1.90 bits per heavy atom. The van der Waals surface area contributed by atoms with Crippen molar-refractivity contribution in [2.24, 2.45) is 4.99 Å². The lowest BCUT2D eigenvalue weighted by Crippen LogP contribution is -2.55. The molecule has 4 atom stereocenters. The number of nitrogens with one attached hydrogen (secondary N) is 2. The van der Waals surface area contributed by atoms with E-state index in [9.17, 15) is 0 Å². The largest absolute Gasteiger partial charge is 0.379 e. The van der Waals surface area contributed by atoms with Gasteiger partial charge < -0.3 is 15.4 Å². The average molecular weight is 542 g/mol. The Balaban J connectivity index is 0.00000272. The van der Waals surface area contributed by atoms with Gasteiger partial charge in [-0.25, -0.2) is 0 Å². The lowest BCUT2D eigenvalue weighted by Gasteiger charge is -2.40. The highest BCUT2D eigenvalue weighted by Gasteiger charge is 2.40. The average Bonchev–Trinajstić information content (AvgIpc) is 2.99. The Morgan fingerprint density at radius 1 is 1.19 bits per heavy atom. The van der Waals surface area contributed by atoms with Crippen molar-refractivity contribution in [2.45, 2.75) is 76.3 Å². The molecule has 2 N–H and O–H groups in total. The number of fused-ring (bicyclic) bond motifs is 2. The Kier molecular flexibility index (Phi) is 9.43. The van der Waals surface area contributed by atoms with E-state index in [-0.39, 0.29) is 24.0 Å². The van der Waals surface area contributed by atoms with Crippen LogP contribution in [0.3, 0.4) is 0 Å². The first-order valence-electron chi connectivity index (χ1n) is 11.7. The third-order valence-electron chi connectivity index (χ3n) is 7.21. The molecule has 31 heavy (non-hydrogen) atoms. The number of benzene rings is 1. The van der Waals surface area contributed by atoms with E-state index in [0.29, 0.717) is 30.2 Å². The highest BCUT2D eigenvalue weighted by atomic mass is 127. The highest BCUT2D eigenvalue weighted by molar-refractivity contribution is 14.0. The SMILES string of the molecule is CN=C(NCC(C)N1CCOCC1C)NC1CC2CCC(C1)N2Cc1ccccc1.I. The van der Waals surface area contributed by atoms with E-state index in [1.165, 1.54) is 31.2 Å². The van der Waals surface area contributed by atoms with Crippen molar-refractivity contribution in [3.8, 4) is 0 Å². The van der Waals surface area contributed by atoms with Crippen molar-refractivity contribution in [1.82, 2.24) is 20.4 Å². The second kappa shape index (κ2) is 11.8. The summed E-state index contributed by atoms with van der Waals surface area (Å²) in [7, 11) is 1.89. The molecular weight excluding hydrogens is 501 g/mol. The summed E-state index contributed by atoms with van der Waals surface area (Å²) in [5, 5.41) is 7.31. The first kappa shape index (κ1) is 24.7. The Hall–Kier alpha value is -0.900. The van der Waals surface area contributed by atoms with Crippen LogP contribution < -0.4 is 10.6 Å². The first-order chi connectivity index (χ1) is 14.6. The number of aliphatic imine (C=N–C) groups is 1. The molecule has 0 aromatic heterocycles. The van der Waals surface area contributed by atoms with Crippen molar-refractivity contribution in [2.75, 3.05) is 33.4 Å². The Bertz CT molecular complexity index is 688. The van der Waals surface area contributed by atoms with Crippen LogP contribution in [0.1, 0.15) is 45.1 Å². The van der Waals surface area contributed by atoms with Crippen LogP contribution in [0.2, 0.25) is 0 Å². The van der Waals surface area contributed by atoms with Gasteiger partial charge in [-0.15, -0.1) is 24.0 Å². The van der Waals surface area contributed by atoms with Gasteiger partial charge in [-0.1, -0.05) is 30.3 Å². The van der Waals surface area contributed by atoms with Crippen molar-refractivity contribution in [3.63, 3.8) is 0 Å². The molecule has 3 saturated heterocycles. The normalized spacial score (nSPS) is 30.5. The molecule has 4 rings (SSSR count). The van der Waals surface area contributed by atoms with Crippen molar-refractivity contribution < 1.29 is 4.74 Å². The van der Waals surface area contributed by atoms with Crippen LogP contribution in [0, 0.1) is 0 Å². The summed E-state index contributed by atoms with van der Waals surface area (Å²) in [6, 6.07) is 13.8. The number of nitrogens with zero attached hydrogens (tertiary/aromatic N) is 3. The zero-order chi connectivity index (χ0) is 20.9. The van der Waals surface area contributed by atoms with Crippen LogP contribution in [0.4, 0.5) is 0 Å². The molecular formula is C24H40IN5O. The van der Waals surface area contributed by atoms with E-state index < -0.39 is 0 Å². The van der Waals surface area contributed by atoms with Gasteiger partial charge in [0.1, 0.15) is 0 Å². The fourth-order valence-corrected chi connectivity index (χ4v) is 5.59. The number of guanidine groups is 1. The van der Waals surface area contributed by atoms with Gasteiger partial charge in [0, 0.05) is 56.9 Å². The minimum atomic E-state index is 0. The fraction of sp³-hybridized carbons (Fsp3) is 0.708. The van der Waals surface area contributed by atoms with Crippen LogP contribution in [0.25, 0.3) is 0 Å². The van der Waals surface area contributed by atoms with Gasteiger partial charge in [0.25, 0.3) is 0 Å². The van der Waals surface area contributed by atoms with E-state index >= 15 is 0 Å². The van der Waals surface area contributed by atoms with E-state index in [1.54, 1.807) is 0 Å². The third kappa shape index (κ3) is 6.33. The number of hydrogen-bond donors (Lipinski definition) is 2. The van der Waals surface area contributed by atoms with Gasteiger partial charge in [0.05, 0.1) is 13.2 Å². The highest BCUT2D eigenvalue weighted by Crippen LogP contribution is 2.36. The number of ether oxygens (including phenoxy) is 1. The molecule has 0 radical (unpaired) electrons. The molecule has 3 aliphatic rings. The van der Waals surface area contributed by atoms with Gasteiger partial charge in [0.2, 0.25) is 0 Å². The molecule has 6 nitrogen and oxygen atoms in total. The molecule has 0 aliphatic carbocycles. The molecule has 2 bridgehead atoms. The monoisotopic (exact) mass is 541 g/mol. The zero-order valence-corrected chi connectivity index (χ0v) is 21.6. The van der Waals surface area contributed by atoms with Gasteiger partial charge in [-0.3, -0.25) is 14.8 Å². The maximum Gasteiger partial charge on any atom is 0.191 e. The summed E-state index contributed by atoms with van der Waals surface area (Å²) in [6.07, 6.45) is 5.07. The summed E-state index contributed by atoms with van der Waals surface area (Å²) >= 11 is 0. The summed E-state index contributed by atoms with van der Waals surface area (Å²) in [6.45, 7) is 9.23. The minimum Gasteiger partial charge on any atom is -0.379 e. The van der Waals surface area contributed by atoms with Crippen molar-refractivity contribution in [3.05, 3.63) is 35.9 Å². The smallest absolute Gasteiger partial charge is 0.191 e. The van der Waals surface area contributed by atoms with Crippen LogP contribution in [0.5, 0.6) is 0 Å². The number of piperidine rings is 1. The molecule has 3 aliphatic heterocycles. The Labute approximate surface area is 205 Å². The molecule has 1 aromatic carbocycles. The van der Waals surface area contributed by atoms with Crippen LogP contribution in [-0.2, 0) is 11.3 Å². The minimum absolute atomic E-state index is 0. The predicted molar refractivity (Wildman–Crippen MR) is 138 cm³/mol. The summed E-state index contributed by atoms with van der Waals surface area (Å²) in [5.74, 6) is 0.948. The number of halogens is 1. The molecule has 3 heterocycles. The number of hydrogen-bond acceptors (Lipinski definition) is 4. The molecule has 1 aromatic rings. The van der Waals surface area contributed by atoms with Crippen molar-refractivity contribution in [1.29, 1.82) is 0 Å². The third-order valence-corrected chi connectivity index (χ3v) is 7.21. The molecule has 4 unspecified atom stereocenters. The number of rotatable bonds is 6. The van der Waals surface area contributed by atoms with Crippen LogP contribution in [-0.4, -0.2) is 79.3 Å². The summed E-state index contributed by atoms with van der Waals surface area (Å²) in [4.78, 5) is 9.79. The van der Waals surface area contributed by atoms with E-state index in [4.69, 9.17) is 4.74 Å². The lowest BCUT2D eigenvalue weighted by atomic mass is 9.96. The number of morpholine rings is 1. The molecule has 0 spiro atoms. The van der Waals surface area contributed by atoms with Crippen LogP contribution >= 0.6 is 24.0 Å². The second-order valence-corrected chi connectivity index (χ2v) is 9.32. The van der Waals surface area contributed by atoms with Crippen LogP contribution in [0.15, 0.2) is 35.3 Å². The Morgan fingerprint density at radius 3 is 2.55 bits per heavy atom. The van der Waals surface area contributed by atoms with Gasteiger partial charge in [-0.05, 0) is 45.1 Å². The van der Waals surface area contributed by atoms with E-state index in [2.05, 4.69) is 69.6 Å². The van der Waals surface area contributed by atoms with Crippen molar-refractivity contribution >= 4 is 29.9 Å². The predicted octanol–water partition coefficient (Wildman–Crippen LogP) is 3.07. The molecule has 0 amide bonds. The standard InChI is InChI=1S/C24H39N5O.HI/c1-18(28-11-12-30-17-19(28)2)15-26-24(25-3)27-21-13-22-9-10-23(14-21)29(22)16-20-7-5-4-6-8-20;/h4-8,18-19,21-23H,9-17H2,1-3H3,(H2,25,26,27);1H. The van der Waals surface area contributed by atoms with E-state index in [1.807, 2.05) is 7.05 Å². The quantitative estimate of drug-likeness (QED) is 0.330. The molecule has 0 saturated carbocycles. The summed E-state index contributed by atoms with van der Waals surface area (Å²) in [5.41, 5.74) is 1.43. The summed E-state index contributed by atoms with van der Waals surface area (Å²) < 4.78 is 5.58. The lowest BCUT2D eigenvalue weighted by molar-refractivity contribution is -0.0174. The fourth-order valence-electron chi connectivity index (χ4n) is 5.59. The maximum absolute atomic E-state index is 5.58. The van der Waals surface area contributed by atoms with Gasteiger partial charge in [0.15, 0.2) is 5.96 Å². The van der Waals surface area contributed by atoms with E-state index in [0.717, 1.165) is 38.8 Å². The second-order valence-electron chi connectivity index (χ2n) is 9.32. The topological polar surface area (TPSA) is 52.1 Å². The first-order valence-corrected chi connectivity index (χ1v) is 11.7. The van der Waals surface area contributed by atoms with Gasteiger partial charge >= 0.3 is 0 Å². The maximum atomic E-state index is 5.58. The molecule has 3 fully saturated rings. The molecule has 174 valence electrons. The molecule has 7 heteroatoms. The van der Waals surface area contributed by atoms with Gasteiger partial charge in [-0.2, -0.15) is 0 Å².